The fraction of sp³-hybridized carbons (Fsp3) is 0.684. The predicted molar refractivity (Wildman–Crippen MR) is 93.8 cm³/mol. The predicted octanol–water partition coefficient (Wildman–Crippen LogP) is 4.27. The van der Waals surface area contributed by atoms with Gasteiger partial charge in [-0.05, 0) is 57.5 Å². The zero-order valence-electron chi connectivity index (χ0n) is 15.0. The van der Waals surface area contributed by atoms with Gasteiger partial charge in [-0.2, -0.15) is 0 Å². The van der Waals surface area contributed by atoms with E-state index < -0.39 is 0 Å². The Morgan fingerprint density at radius 3 is 2.24 bits per heavy atom. The largest absolute Gasteiger partial charge is 0.311 e. The van der Waals surface area contributed by atoms with Crippen LogP contribution in [0, 0.1) is 5.92 Å². The minimum Gasteiger partial charge on any atom is -0.311 e. The van der Waals surface area contributed by atoms with Crippen LogP contribution < -0.4 is 5.32 Å². The van der Waals surface area contributed by atoms with Crippen molar-refractivity contribution in [2.45, 2.75) is 59.5 Å². The lowest BCUT2D eigenvalue weighted by molar-refractivity contribution is 0.0944. The molecule has 2 nitrogen and oxygen atoms in total. The molecular formula is C19H34N2. The van der Waals surface area contributed by atoms with Gasteiger partial charge >= 0.3 is 0 Å². The molecule has 0 bridgehead atoms. The maximum atomic E-state index is 3.55. The van der Waals surface area contributed by atoms with Gasteiger partial charge in [-0.3, -0.25) is 4.90 Å². The quantitative estimate of drug-likeness (QED) is 0.769. The molecule has 1 atom stereocenters. The van der Waals surface area contributed by atoms with E-state index in [0.29, 0.717) is 12.0 Å². The number of nitrogens with zero attached hydrogens (tertiary/aromatic N) is 1. The normalized spacial score (nSPS) is 14.0. The van der Waals surface area contributed by atoms with Gasteiger partial charge in [0.05, 0.1) is 0 Å². The molecule has 0 radical (unpaired) electrons. The number of nitrogens with one attached hydrogen (secondary N) is 1. The van der Waals surface area contributed by atoms with E-state index in [-0.39, 0.29) is 5.54 Å². The van der Waals surface area contributed by atoms with E-state index in [9.17, 15) is 0 Å². The summed E-state index contributed by atoms with van der Waals surface area (Å²) < 4.78 is 0. The first-order valence-electron chi connectivity index (χ1n) is 8.37. The highest BCUT2D eigenvalue weighted by molar-refractivity contribution is 5.28. The highest BCUT2D eigenvalue weighted by atomic mass is 15.2. The number of benzene rings is 1. The second-order valence-corrected chi connectivity index (χ2v) is 6.89. The average Bonchev–Trinajstić information content (AvgIpc) is 2.39. The second-order valence-electron chi connectivity index (χ2n) is 6.89. The highest BCUT2D eigenvalue weighted by Crippen LogP contribution is 2.31. The zero-order valence-corrected chi connectivity index (χ0v) is 15.0. The van der Waals surface area contributed by atoms with Crippen LogP contribution in [0.5, 0.6) is 0 Å². The van der Waals surface area contributed by atoms with E-state index in [1.54, 1.807) is 0 Å². The summed E-state index contributed by atoms with van der Waals surface area (Å²) in [6.45, 7) is 15.9. The summed E-state index contributed by atoms with van der Waals surface area (Å²) >= 11 is 0. The van der Waals surface area contributed by atoms with Crippen molar-refractivity contribution in [1.29, 1.82) is 0 Å². The van der Waals surface area contributed by atoms with Crippen LogP contribution in [-0.2, 0) is 6.42 Å². The Morgan fingerprint density at radius 1 is 1.14 bits per heavy atom. The van der Waals surface area contributed by atoms with Crippen LogP contribution in [-0.4, -0.2) is 30.6 Å². The molecular weight excluding hydrogens is 256 g/mol. The summed E-state index contributed by atoms with van der Waals surface area (Å²) in [5.74, 6) is 0.698. The zero-order chi connectivity index (χ0) is 16.0. The van der Waals surface area contributed by atoms with Crippen molar-refractivity contribution in [1.82, 2.24) is 10.2 Å². The van der Waals surface area contributed by atoms with Gasteiger partial charge in [-0.1, -0.05) is 52.0 Å². The molecule has 1 unspecified atom stereocenters. The van der Waals surface area contributed by atoms with E-state index in [2.05, 4.69) is 83.1 Å². The van der Waals surface area contributed by atoms with Gasteiger partial charge in [0.1, 0.15) is 0 Å². The lowest BCUT2D eigenvalue weighted by Crippen LogP contribution is -2.51. The van der Waals surface area contributed by atoms with Gasteiger partial charge in [0.15, 0.2) is 0 Å². The molecule has 0 spiro atoms. The Kier molecular flexibility index (Phi) is 6.89. The number of rotatable bonds is 8. The summed E-state index contributed by atoms with van der Waals surface area (Å²) in [5.41, 5.74) is 2.93. The maximum absolute atomic E-state index is 3.55. The first-order chi connectivity index (χ1) is 9.86. The first kappa shape index (κ1) is 18.2. The molecule has 120 valence electrons. The summed E-state index contributed by atoms with van der Waals surface area (Å²) in [6.07, 6.45) is 1.15. The van der Waals surface area contributed by atoms with E-state index in [0.717, 1.165) is 19.5 Å². The number of hydrogen-bond donors (Lipinski definition) is 1. The van der Waals surface area contributed by atoms with Crippen molar-refractivity contribution in [2.24, 2.45) is 5.92 Å². The molecule has 2 heteroatoms. The lowest BCUT2D eigenvalue weighted by atomic mass is 9.85. The SMILES string of the molecule is CCN(CC)C(C)(C)C(NC)c1cccc(CC(C)C)c1. The molecule has 0 heterocycles. The van der Waals surface area contributed by atoms with Crippen LogP contribution in [0.15, 0.2) is 24.3 Å². The van der Waals surface area contributed by atoms with Gasteiger partial charge in [-0.25, -0.2) is 0 Å². The number of likely N-dealkylation sites (N-methyl/N-ethyl adjacent to an activating group) is 2. The van der Waals surface area contributed by atoms with E-state index >= 15 is 0 Å². The third kappa shape index (κ3) is 4.55. The molecule has 0 aliphatic rings. The summed E-state index contributed by atoms with van der Waals surface area (Å²) in [7, 11) is 2.07. The van der Waals surface area contributed by atoms with Crippen LogP contribution in [0.25, 0.3) is 0 Å². The molecule has 0 saturated heterocycles. The first-order valence-corrected chi connectivity index (χ1v) is 8.37. The third-order valence-corrected chi connectivity index (χ3v) is 4.50. The molecule has 0 amide bonds. The Labute approximate surface area is 131 Å². The number of hydrogen-bond acceptors (Lipinski definition) is 2. The van der Waals surface area contributed by atoms with Crippen molar-refractivity contribution in [2.75, 3.05) is 20.1 Å². The van der Waals surface area contributed by atoms with Crippen molar-refractivity contribution >= 4 is 0 Å². The van der Waals surface area contributed by atoms with Crippen LogP contribution in [0.2, 0.25) is 0 Å². The molecule has 1 aromatic carbocycles. The molecule has 1 rings (SSSR count). The molecule has 0 aromatic heterocycles. The lowest BCUT2D eigenvalue weighted by Gasteiger charge is -2.43. The summed E-state index contributed by atoms with van der Waals surface area (Å²) in [6, 6.07) is 9.43. The van der Waals surface area contributed by atoms with Crippen LogP contribution in [0.4, 0.5) is 0 Å². The molecule has 0 aliphatic carbocycles. The topological polar surface area (TPSA) is 15.3 Å². The Morgan fingerprint density at radius 2 is 1.76 bits per heavy atom. The van der Waals surface area contributed by atoms with Crippen molar-refractivity contribution in [3.05, 3.63) is 35.4 Å². The molecule has 1 aromatic rings. The van der Waals surface area contributed by atoms with Crippen molar-refractivity contribution in [3.8, 4) is 0 Å². The molecule has 0 aliphatic heterocycles. The fourth-order valence-corrected chi connectivity index (χ4v) is 3.52. The molecule has 0 saturated carbocycles. The molecule has 21 heavy (non-hydrogen) atoms. The van der Waals surface area contributed by atoms with E-state index in [1.165, 1.54) is 11.1 Å². The Hall–Kier alpha value is -0.860. The monoisotopic (exact) mass is 290 g/mol. The van der Waals surface area contributed by atoms with Crippen molar-refractivity contribution in [3.63, 3.8) is 0 Å². The van der Waals surface area contributed by atoms with Gasteiger partial charge in [0.25, 0.3) is 0 Å². The summed E-state index contributed by atoms with van der Waals surface area (Å²) in [5, 5.41) is 3.55. The smallest absolute Gasteiger partial charge is 0.0499 e. The maximum Gasteiger partial charge on any atom is 0.0499 e. The average molecular weight is 290 g/mol. The summed E-state index contributed by atoms with van der Waals surface area (Å²) in [4.78, 5) is 2.53. The van der Waals surface area contributed by atoms with Crippen molar-refractivity contribution < 1.29 is 0 Å². The Bertz CT molecular complexity index is 419. The van der Waals surface area contributed by atoms with Gasteiger partial charge < -0.3 is 5.32 Å². The minimum absolute atomic E-state index is 0.0920. The fourth-order valence-electron chi connectivity index (χ4n) is 3.52. The molecule has 0 fully saturated rings. The highest BCUT2D eigenvalue weighted by Gasteiger charge is 2.34. The van der Waals surface area contributed by atoms with Crippen LogP contribution in [0.1, 0.15) is 58.7 Å². The van der Waals surface area contributed by atoms with E-state index in [1.807, 2.05) is 0 Å². The third-order valence-electron chi connectivity index (χ3n) is 4.50. The molecule has 1 N–H and O–H groups in total. The minimum atomic E-state index is 0.0920. The standard InChI is InChI=1S/C19H34N2/c1-8-21(9-2)19(5,6)18(20-7)17-12-10-11-16(14-17)13-15(3)4/h10-12,14-15,18,20H,8-9,13H2,1-7H3. The van der Waals surface area contributed by atoms with Gasteiger partial charge in [0.2, 0.25) is 0 Å². The van der Waals surface area contributed by atoms with Crippen LogP contribution >= 0.6 is 0 Å². The van der Waals surface area contributed by atoms with Crippen LogP contribution in [0.3, 0.4) is 0 Å². The van der Waals surface area contributed by atoms with Gasteiger partial charge in [-0.15, -0.1) is 0 Å². The van der Waals surface area contributed by atoms with E-state index in [4.69, 9.17) is 0 Å². The van der Waals surface area contributed by atoms with Gasteiger partial charge in [0, 0.05) is 11.6 Å². The Balaban J connectivity index is 3.09. The second kappa shape index (κ2) is 7.95.